The van der Waals surface area contributed by atoms with Crippen LogP contribution in [0.3, 0.4) is 0 Å². The van der Waals surface area contributed by atoms with E-state index in [1.165, 1.54) is 6.33 Å². The van der Waals surface area contributed by atoms with Crippen LogP contribution in [0.2, 0.25) is 0 Å². The van der Waals surface area contributed by atoms with Crippen molar-refractivity contribution in [3.8, 4) is 0 Å². The molecule has 0 bridgehead atoms. The van der Waals surface area contributed by atoms with E-state index in [0.717, 1.165) is 31.8 Å². The summed E-state index contributed by atoms with van der Waals surface area (Å²) in [6, 6.07) is 0. The van der Waals surface area contributed by atoms with Crippen molar-refractivity contribution in [1.82, 2.24) is 34.4 Å². The number of hydrogen-bond acceptors (Lipinski definition) is 5. The first-order valence-corrected chi connectivity index (χ1v) is 7.50. The zero-order valence-corrected chi connectivity index (χ0v) is 13.5. The van der Waals surface area contributed by atoms with E-state index < -0.39 is 0 Å². The minimum absolute atomic E-state index is 0. The van der Waals surface area contributed by atoms with Gasteiger partial charge in [0.05, 0.1) is 13.1 Å². The Labute approximate surface area is 134 Å². The van der Waals surface area contributed by atoms with E-state index in [1.807, 2.05) is 6.92 Å². The van der Waals surface area contributed by atoms with E-state index in [9.17, 15) is 4.79 Å². The van der Waals surface area contributed by atoms with Gasteiger partial charge >= 0.3 is 5.69 Å². The van der Waals surface area contributed by atoms with Gasteiger partial charge in [-0.05, 0) is 26.3 Å². The first-order valence-electron chi connectivity index (χ1n) is 7.50. The Hall–Kier alpha value is -1.67. The summed E-state index contributed by atoms with van der Waals surface area (Å²) in [4.78, 5) is 16.3. The number of aryl methyl sites for hydroxylation is 2. The summed E-state index contributed by atoms with van der Waals surface area (Å²) < 4.78 is 5.05. The SMILES string of the molecule is CCn1c(C2CCCNC2)nn(CCn2cncn2)c1=O.Cl. The molecule has 122 valence electrons. The predicted molar refractivity (Wildman–Crippen MR) is 84.3 cm³/mol. The van der Waals surface area contributed by atoms with Gasteiger partial charge < -0.3 is 5.32 Å². The Morgan fingerprint density at radius 2 is 2.27 bits per heavy atom. The molecule has 1 aliphatic rings. The third-order valence-electron chi connectivity index (χ3n) is 3.94. The Morgan fingerprint density at radius 1 is 1.41 bits per heavy atom. The maximum absolute atomic E-state index is 12.4. The lowest BCUT2D eigenvalue weighted by Gasteiger charge is -2.21. The van der Waals surface area contributed by atoms with Gasteiger partial charge in [0.15, 0.2) is 0 Å². The average Bonchev–Trinajstić information content (AvgIpc) is 3.14. The zero-order valence-electron chi connectivity index (χ0n) is 12.7. The second kappa shape index (κ2) is 7.55. The minimum Gasteiger partial charge on any atom is -0.316 e. The highest BCUT2D eigenvalue weighted by molar-refractivity contribution is 5.85. The third-order valence-corrected chi connectivity index (χ3v) is 3.94. The van der Waals surface area contributed by atoms with E-state index >= 15 is 0 Å². The van der Waals surface area contributed by atoms with Crippen LogP contribution in [0.5, 0.6) is 0 Å². The first kappa shape index (κ1) is 16.7. The summed E-state index contributed by atoms with van der Waals surface area (Å²) in [7, 11) is 0. The number of aromatic nitrogens is 6. The Morgan fingerprint density at radius 3 is 2.91 bits per heavy atom. The van der Waals surface area contributed by atoms with Crippen molar-refractivity contribution in [1.29, 1.82) is 0 Å². The second-order valence-electron chi connectivity index (χ2n) is 5.31. The van der Waals surface area contributed by atoms with Crippen LogP contribution in [0.15, 0.2) is 17.4 Å². The monoisotopic (exact) mass is 327 g/mol. The van der Waals surface area contributed by atoms with Crippen LogP contribution in [0, 0.1) is 0 Å². The van der Waals surface area contributed by atoms with Crippen molar-refractivity contribution in [2.75, 3.05) is 13.1 Å². The molecule has 2 aromatic rings. The number of piperidine rings is 1. The molecule has 1 saturated heterocycles. The van der Waals surface area contributed by atoms with E-state index in [1.54, 1.807) is 20.3 Å². The van der Waals surface area contributed by atoms with Gasteiger partial charge in [-0.1, -0.05) is 0 Å². The summed E-state index contributed by atoms with van der Waals surface area (Å²) >= 11 is 0. The molecule has 8 nitrogen and oxygen atoms in total. The second-order valence-corrected chi connectivity index (χ2v) is 5.31. The highest BCUT2D eigenvalue weighted by Gasteiger charge is 2.23. The van der Waals surface area contributed by atoms with Gasteiger partial charge in [0, 0.05) is 19.0 Å². The molecule has 0 radical (unpaired) electrons. The van der Waals surface area contributed by atoms with Crippen molar-refractivity contribution in [2.24, 2.45) is 0 Å². The van der Waals surface area contributed by atoms with Crippen molar-refractivity contribution in [3.63, 3.8) is 0 Å². The highest BCUT2D eigenvalue weighted by atomic mass is 35.5. The van der Waals surface area contributed by atoms with Crippen LogP contribution in [0.1, 0.15) is 31.5 Å². The fraction of sp³-hybridized carbons (Fsp3) is 0.692. The molecule has 3 rings (SSSR count). The number of rotatable bonds is 5. The maximum Gasteiger partial charge on any atom is 0.345 e. The van der Waals surface area contributed by atoms with Crippen molar-refractivity contribution in [3.05, 3.63) is 29.0 Å². The van der Waals surface area contributed by atoms with Crippen molar-refractivity contribution < 1.29 is 0 Å². The molecular formula is C13H22ClN7O. The molecule has 1 N–H and O–H groups in total. The number of nitrogens with zero attached hydrogens (tertiary/aromatic N) is 6. The van der Waals surface area contributed by atoms with Gasteiger partial charge in [-0.2, -0.15) is 10.2 Å². The summed E-state index contributed by atoms with van der Waals surface area (Å²) in [5.41, 5.74) is -0.0295. The quantitative estimate of drug-likeness (QED) is 0.851. The average molecular weight is 328 g/mol. The van der Waals surface area contributed by atoms with Crippen LogP contribution < -0.4 is 11.0 Å². The molecule has 0 saturated carbocycles. The minimum atomic E-state index is -0.0295. The molecule has 1 atom stereocenters. The summed E-state index contributed by atoms with van der Waals surface area (Å²) in [6.45, 7) is 5.73. The number of halogens is 1. The van der Waals surface area contributed by atoms with Crippen LogP contribution >= 0.6 is 12.4 Å². The smallest absolute Gasteiger partial charge is 0.316 e. The standard InChI is InChI=1S/C13H21N7O.ClH/c1-2-19-12(11-4-3-5-14-8-11)17-20(13(19)21)7-6-18-10-15-9-16-18;/h9-11,14H,2-8H2,1H3;1H. The molecule has 1 fully saturated rings. The van der Waals surface area contributed by atoms with Gasteiger partial charge in [0.25, 0.3) is 0 Å². The largest absolute Gasteiger partial charge is 0.345 e. The molecule has 0 aromatic carbocycles. The van der Waals surface area contributed by atoms with Crippen molar-refractivity contribution >= 4 is 12.4 Å². The van der Waals surface area contributed by atoms with Gasteiger partial charge in [-0.15, -0.1) is 12.4 Å². The Bertz CT molecular complexity index is 627. The van der Waals surface area contributed by atoms with E-state index in [0.29, 0.717) is 25.6 Å². The maximum atomic E-state index is 12.4. The van der Waals surface area contributed by atoms with E-state index in [-0.39, 0.29) is 18.1 Å². The fourth-order valence-corrected chi connectivity index (χ4v) is 2.82. The number of nitrogens with one attached hydrogen (secondary N) is 1. The van der Waals surface area contributed by atoms with Gasteiger partial charge in [0.1, 0.15) is 18.5 Å². The van der Waals surface area contributed by atoms with E-state index in [2.05, 4.69) is 20.5 Å². The molecule has 9 heteroatoms. The first-order chi connectivity index (χ1) is 10.3. The molecule has 1 aliphatic heterocycles. The molecule has 0 aliphatic carbocycles. The third kappa shape index (κ3) is 3.38. The van der Waals surface area contributed by atoms with E-state index in [4.69, 9.17) is 0 Å². The molecule has 0 spiro atoms. The van der Waals surface area contributed by atoms with Crippen LogP contribution in [0.4, 0.5) is 0 Å². The lowest BCUT2D eigenvalue weighted by Crippen LogP contribution is -2.31. The number of hydrogen-bond donors (Lipinski definition) is 1. The summed E-state index contributed by atoms with van der Waals surface area (Å²) in [6.07, 6.45) is 5.36. The summed E-state index contributed by atoms with van der Waals surface area (Å²) in [5, 5.41) is 12.0. The topological polar surface area (TPSA) is 82.6 Å². The molecule has 0 amide bonds. The molecule has 1 unspecified atom stereocenters. The molecule has 22 heavy (non-hydrogen) atoms. The fourth-order valence-electron chi connectivity index (χ4n) is 2.82. The molecule has 2 aromatic heterocycles. The lowest BCUT2D eigenvalue weighted by atomic mass is 9.99. The zero-order chi connectivity index (χ0) is 14.7. The lowest BCUT2D eigenvalue weighted by molar-refractivity contribution is 0.429. The Kier molecular flexibility index (Phi) is 5.73. The summed E-state index contributed by atoms with van der Waals surface area (Å²) in [5.74, 6) is 1.24. The van der Waals surface area contributed by atoms with Gasteiger partial charge in [0.2, 0.25) is 0 Å². The molecular weight excluding hydrogens is 306 g/mol. The van der Waals surface area contributed by atoms with Crippen LogP contribution in [0.25, 0.3) is 0 Å². The van der Waals surface area contributed by atoms with Gasteiger partial charge in [-0.25, -0.2) is 14.5 Å². The van der Waals surface area contributed by atoms with Crippen LogP contribution in [-0.2, 0) is 19.6 Å². The van der Waals surface area contributed by atoms with Gasteiger partial charge in [-0.3, -0.25) is 9.25 Å². The Balaban J connectivity index is 0.00000176. The predicted octanol–water partition coefficient (Wildman–Crippen LogP) is 0.245. The van der Waals surface area contributed by atoms with Crippen molar-refractivity contribution in [2.45, 2.75) is 45.3 Å². The van der Waals surface area contributed by atoms with Crippen LogP contribution in [-0.4, -0.2) is 42.2 Å². The molecule has 3 heterocycles. The highest BCUT2D eigenvalue weighted by Crippen LogP contribution is 2.20. The normalized spacial score (nSPS) is 18.1.